The molecule has 0 bridgehead atoms. The van der Waals surface area contributed by atoms with E-state index in [0.717, 1.165) is 4.90 Å². The lowest BCUT2D eigenvalue weighted by atomic mass is 10.1. The van der Waals surface area contributed by atoms with Crippen LogP contribution in [0, 0.1) is 13.8 Å². The molecule has 1 unspecified atom stereocenters. The zero-order valence-corrected chi connectivity index (χ0v) is 9.80. The van der Waals surface area contributed by atoms with Gasteiger partial charge in [-0.05, 0) is 37.1 Å². The Morgan fingerprint density at radius 2 is 2.07 bits per heavy atom. The molecule has 0 heterocycles. The second-order valence-electron chi connectivity index (χ2n) is 3.57. The predicted molar refractivity (Wildman–Crippen MR) is 63.8 cm³/mol. The van der Waals surface area contributed by atoms with Crippen molar-refractivity contribution in [2.45, 2.75) is 24.8 Å². The minimum Gasteiger partial charge on any atom is -0.368 e. The van der Waals surface area contributed by atoms with Crippen LogP contribution in [0.25, 0.3) is 0 Å². The molecular formula is C11H16N2OS. The zero-order chi connectivity index (χ0) is 11.4. The molecule has 0 aliphatic carbocycles. The molecule has 1 atom stereocenters. The summed E-state index contributed by atoms with van der Waals surface area (Å²) in [6.07, 6.45) is 0. The number of carbonyl (C=O) groups excluding carboxylic acids is 1. The highest BCUT2D eigenvalue weighted by atomic mass is 32.2. The standard InChI is InChI=1S/C11H16N2OS/c1-7-3-4-9(5-8(7)2)15-6-10(12)11(13)14/h3-5,10H,6,12H2,1-2H3,(H2,13,14). The van der Waals surface area contributed by atoms with E-state index in [-0.39, 0.29) is 0 Å². The number of hydrogen-bond acceptors (Lipinski definition) is 3. The Hall–Kier alpha value is -1.00. The molecule has 0 saturated carbocycles. The maximum atomic E-state index is 10.7. The minimum absolute atomic E-state index is 0.452. The Kier molecular flexibility index (Phi) is 4.17. The van der Waals surface area contributed by atoms with E-state index >= 15 is 0 Å². The van der Waals surface area contributed by atoms with Gasteiger partial charge in [-0.3, -0.25) is 4.79 Å². The average molecular weight is 224 g/mol. The van der Waals surface area contributed by atoms with E-state index in [1.54, 1.807) is 11.8 Å². The first-order chi connectivity index (χ1) is 7.00. The Balaban J connectivity index is 2.58. The second-order valence-corrected chi connectivity index (χ2v) is 4.66. The van der Waals surface area contributed by atoms with Gasteiger partial charge in [0, 0.05) is 10.6 Å². The molecule has 0 saturated heterocycles. The van der Waals surface area contributed by atoms with E-state index in [2.05, 4.69) is 26.0 Å². The van der Waals surface area contributed by atoms with Gasteiger partial charge >= 0.3 is 0 Å². The molecule has 0 radical (unpaired) electrons. The van der Waals surface area contributed by atoms with Crippen LogP contribution < -0.4 is 11.5 Å². The Morgan fingerprint density at radius 3 is 2.60 bits per heavy atom. The van der Waals surface area contributed by atoms with Gasteiger partial charge in [-0.1, -0.05) is 6.07 Å². The van der Waals surface area contributed by atoms with E-state index in [0.29, 0.717) is 5.75 Å². The van der Waals surface area contributed by atoms with Crippen molar-refractivity contribution in [2.75, 3.05) is 5.75 Å². The van der Waals surface area contributed by atoms with Crippen molar-refractivity contribution in [3.05, 3.63) is 29.3 Å². The Morgan fingerprint density at radius 1 is 1.40 bits per heavy atom. The van der Waals surface area contributed by atoms with Gasteiger partial charge in [-0.15, -0.1) is 11.8 Å². The van der Waals surface area contributed by atoms with Crippen LogP contribution in [0.15, 0.2) is 23.1 Å². The van der Waals surface area contributed by atoms with E-state index in [9.17, 15) is 4.79 Å². The molecule has 1 aromatic carbocycles. The van der Waals surface area contributed by atoms with Crippen molar-refractivity contribution >= 4 is 17.7 Å². The Labute approximate surface area is 94.2 Å². The van der Waals surface area contributed by atoms with Crippen LogP contribution >= 0.6 is 11.8 Å². The minimum atomic E-state index is -0.573. The summed E-state index contributed by atoms with van der Waals surface area (Å²) in [4.78, 5) is 11.8. The highest BCUT2D eigenvalue weighted by molar-refractivity contribution is 7.99. The van der Waals surface area contributed by atoms with E-state index in [4.69, 9.17) is 11.5 Å². The molecule has 0 fully saturated rings. The van der Waals surface area contributed by atoms with Crippen molar-refractivity contribution in [1.29, 1.82) is 0 Å². The van der Waals surface area contributed by atoms with Gasteiger partial charge in [-0.25, -0.2) is 0 Å². The molecular weight excluding hydrogens is 208 g/mol. The normalized spacial score (nSPS) is 12.5. The first-order valence-electron chi connectivity index (χ1n) is 4.75. The van der Waals surface area contributed by atoms with Crippen LogP contribution in [0.1, 0.15) is 11.1 Å². The van der Waals surface area contributed by atoms with E-state index < -0.39 is 11.9 Å². The smallest absolute Gasteiger partial charge is 0.235 e. The fourth-order valence-electron chi connectivity index (χ4n) is 1.07. The second kappa shape index (κ2) is 5.19. The average Bonchev–Trinajstić information content (AvgIpc) is 2.19. The number of primary amides is 1. The molecule has 0 aliphatic heterocycles. The molecule has 1 rings (SSSR count). The lowest BCUT2D eigenvalue weighted by molar-refractivity contribution is -0.118. The van der Waals surface area contributed by atoms with Gasteiger partial charge < -0.3 is 11.5 Å². The van der Waals surface area contributed by atoms with Crippen molar-refractivity contribution in [1.82, 2.24) is 0 Å². The number of thioether (sulfide) groups is 1. The van der Waals surface area contributed by atoms with E-state index in [1.165, 1.54) is 11.1 Å². The number of rotatable bonds is 4. The van der Waals surface area contributed by atoms with Crippen LogP contribution in [0.4, 0.5) is 0 Å². The lowest BCUT2D eigenvalue weighted by Crippen LogP contribution is -2.38. The molecule has 15 heavy (non-hydrogen) atoms. The highest BCUT2D eigenvalue weighted by Gasteiger charge is 2.09. The van der Waals surface area contributed by atoms with E-state index in [1.807, 2.05) is 6.07 Å². The van der Waals surface area contributed by atoms with Gasteiger partial charge in [0.25, 0.3) is 0 Å². The molecule has 82 valence electrons. The fourth-order valence-corrected chi connectivity index (χ4v) is 2.03. The van der Waals surface area contributed by atoms with Gasteiger partial charge in [0.05, 0.1) is 6.04 Å². The van der Waals surface area contributed by atoms with Crippen molar-refractivity contribution in [3.8, 4) is 0 Å². The maximum absolute atomic E-state index is 10.7. The van der Waals surface area contributed by atoms with Crippen molar-refractivity contribution in [2.24, 2.45) is 11.5 Å². The molecule has 0 aliphatic rings. The number of hydrogen-bond donors (Lipinski definition) is 2. The number of aryl methyl sites for hydroxylation is 2. The summed E-state index contributed by atoms with van der Waals surface area (Å²) >= 11 is 1.55. The summed E-state index contributed by atoms with van der Waals surface area (Å²) in [5.41, 5.74) is 13.1. The monoisotopic (exact) mass is 224 g/mol. The molecule has 1 amide bonds. The number of benzene rings is 1. The third kappa shape index (κ3) is 3.57. The summed E-state index contributed by atoms with van der Waals surface area (Å²) in [7, 11) is 0. The quantitative estimate of drug-likeness (QED) is 0.755. The fraction of sp³-hybridized carbons (Fsp3) is 0.364. The van der Waals surface area contributed by atoms with Gasteiger partial charge in [0.1, 0.15) is 0 Å². The number of nitrogens with two attached hydrogens (primary N) is 2. The summed E-state index contributed by atoms with van der Waals surface area (Å²) < 4.78 is 0. The third-order valence-electron chi connectivity index (χ3n) is 2.27. The summed E-state index contributed by atoms with van der Waals surface area (Å²) in [6.45, 7) is 4.13. The molecule has 1 aromatic rings. The summed E-state index contributed by atoms with van der Waals surface area (Å²) in [5.74, 6) is 0.0732. The van der Waals surface area contributed by atoms with Crippen LogP contribution in [0.5, 0.6) is 0 Å². The van der Waals surface area contributed by atoms with Crippen LogP contribution in [-0.2, 0) is 4.79 Å². The Bertz CT molecular complexity index is 366. The molecule has 4 N–H and O–H groups in total. The van der Waals surface area contributed by atoms with Crippen molar-refractivity contribution in [3.63, 3.8) is 0 Å². The summed E-state index contributed by atoms with van der Waals surface area (Å²) in [5, 5.41) is 0. The molecule has 3 nitrogen and oxygen atoms in total. The predicted octanol–water partition coefficient (Wildman–Crippen LogP) is 1.21. The van der Waals surface area contributed by atoms with Crippen molar-refractivity contribution < 1.29 is 4.79 Å². The lowest BCUT2D eigenvalue weighted by Gasteiger charge is -2.08. The number of carbonyl (C=O) groups is 1. The maximum Gasteiger partial charge on any atom is 0.235 e. The van der Waals surface area contributed by atoms with Crippen LogP contribution in [-0.4, -0.2) is 17.7 Å². The highest BCUT2D eigenvalue weighted by Crippen LogP contribution is 2.21. The molecule has 4 heteroatoms. The first-order valence-corrected chi connectivity index (χ1v) is 5.74. The zero-order valence-electron chi connectivity index (χ0n) is 8.99. The van der Waals surface area contributed by atoms with Gasteiger partial charge in [0.15, 0.2) is 0 Å². The summed E-state index contributed by atoms with van der Waals surface area (Å²) in [6, 6.07) is 5.61. The molecule has 0 aromatic heterocycles. The first kappa shape index (κ1) is 12.1. The van der Waals surface area contributed by atoms with Crippen LogP contribution in [0.2, 0.25) is 0 Å². The molecule has 0 spiro atoms. The SMILES string of the molecule is Cc1ccc(SCC(N)C(N)=O)cc1C. The third-order valence-corrected chi connectivity index (χ3v) is 3.39. The number of amides is 1. The van der Waals surface area contributed by atoms with Gasteiger partial charge in [0.2, 0.25) is 5.91 Å². The van der Waals surface area contributed by atoms with Crippen LogP contribution in [0.3, 0.4) is 0 Å². The topological polar surface area (TPSA) is 69.1 Å². The largest absolute Gasteiger partial charge is 0.368 e. The van der Waals surface area contributed by atoms with Gasteiger partial charge in [-0.2, -0.15) is 0 Å².